The second-order valence-corrected chi connectivity index (χ2v) is 5.44. The first-order valence-corrected chi connectivity index (χ1v) is 5.25. The van der Waals surface area contributed by atoms with Crippen LogP contribution < -0.4 is 5.32 Å². The van der Waals surface area contributed by atoms with Gasteiger partial charge in [0, 0.05) is 25.1 Å². The van der Waals surface area contributed by atoms with Crippen molar-refractivity contribution in [3.05, 3.63) is 0 Å². The van der Waals surface area contributed by atoms with Gasteiger partial charge in [0.25, 0.3) is 0 Å². The smallest absolute Gasteiger partial charge is 0.0766 e. The molecule has 0 saturated carbocycles. The normalized spacial score (nSPS) is 17.1. The minimum absolute atomic E-state index is 0.118. The molecule has 0 aromatic heterocycles. The molecular formula is C11H25NO2. The molecule has 0 bridgehead atoms. The van der Waals surface area contributed by atoms with Crippen molar-refractivity contribution in [3.63, 3.8) is 0 Å². The minimum Gasteiger partial charge on any atom is -0.396 e. The Morgan fingerprint density at radius 1 is 1.14 bits per heavy atom. The molecule has 0 saturated heterocycles. The van der Waals surface area contributed by atoms with Crippen molar-refractivity contribution >= 4 is 0 Å². The average molecular weight is 203 g/mol. The topological polar surface area (TPSA) is 52.5 Å². The molecule has 0 amide bonds. The number of rotatable bonds is 6. The zero-order valence-electron chi connectivity index (χ0n) is 10.1. The van der Waals surface area contributed by atoms with Crippen LogP contribution in [0.2, 0.25) is 0 Å². The van der Waals surface area contributed by atoms with E-state index in [1.807, 2.05) is 34.6 Å². The molecule has 0 radical (unpaired) electrons. The molecule has 0 heterocycles. The van der Waals surface area contributed by atoms with E-state index in [0.717, 1.165) is 0 Å². The maximum absolute atomic E-state index is 9.94. The molecule has 1 unspecified atom stereocenters. The molecule has 3 N–H and O–H groups in total. The standard InChI is InChI=1S/C11H25NO2/c1-9(2)11(5,14)7-12-6-10(3,4)8-13/h9,12-14H,6-8H2,1-5H3. The van der Waals surface area contributed by atoms with Crippen LogP contribution in [0.3, 0.4) is 0 Å². The van der Waals surface area contributed by atoms with E-state index in [0.29, 0.717) is 13.1 Å². The van der Waals surface area contributed by atoms with Gasteiger partial charge in [-0.3, -0.25) is 0 Å². The number of aliphatic hydroxyl groups excluding tert-OH is 1. The van der Waals surface area contributed by atoms with Crippen molar-refractivity contribution in [2.75, 3.05) is 19.7 Å². The highest BCUT2D eigenvalue weighted by Gasteiger charge is 2.25. The molecule has 86 valence electrons. The van der Waals surface area contributed by atoms with Crippen LogP contribution in [-0.4, -0.2) is 35.5 Å². The summed E-state index contributed by atoms with van der Waals surface area (Å²) in [6.07, 6.45) is 0. The predicted octanol–water partition coefficient (Wildman–Crippen LogP) is 1.00. The monoisotopic (exact) mass is 203 g/mol. The van der Waals surface area contributed by atoms with Crippen molar-refractivity contribution in [3.8, 4) is 0 Å². The van der Waals surface area contributed by atoms with Gasteiger partial charge in [0.15, 0.2) is 0 Å². The Morgan fingerprint density at radius 2 is 1.64 bits per heavy atom. The fourth-order valence-corrected chi connectivity index (χ4v) is 0.914. The van der Waals surface area contributed by atoms with Crippen molar-refractivity contribution < 1.29 is 10.2 Å². The predicted molar refractivity (Wildman–Crippen MR) is 59.2 cm³/mol. The van der Waals surface area contributed by atoms with Gasteiger partial charge in [-0.05, 0) is 12.8 Å². The van der Waals surface area contributed by atoms with Gasteiger partial charge in [0.05, 0.1) is 5.60 Å². The van der Waals surface area contributed by atoms with Crippen LogP contribution in [0, 0.1) is 11.3 Å². The molecule has 0 spiro atoms. The number of nitrogens with one attached hydrogen (secondary N) is 1. The molecule has 0 aliphatic carbocycles. The molecule has 14 heavy (non-hydrogen) atoms. The van der Waals surface area contributed by atoms with Gasteiger partial charge in [-0.25, -0.2) is 0 Å². The van der Waals surface area contributed by atoms with Crippen molar-refractivity contribution in [1.82, 2.24) is 5.32 Å². The fourth-order valence-electron chi connectivity index (χ4n) is 0.914. The molecule has 1 atom stereocenters. The van der Waals surface area contributed by atoms with E-state index in [-0.39, 0.29) is 17.9 Å². The molecule has 0 fully saturated rings. The van der Waals surface area contributed by atoms with Gasteiger partial charge in [0.2, 0.25) is 0 Å². The van der Waals surface area contributed by atoms with Crippen LogP contribution in [-0.2, 0) is 0 Å². The number of hydrogen-bond acceptors (Lipinski definition) is 3. The highest BCUT2D eigenvalue weighted by Crippen LogP contribution is 2.16. The zero-order valence-corrected chi connectivity index (χ0v) is 10.1. The molecule has 3 nitrogen and oxygen atoms in total. The summed E-state index contributed by atoms with van der Waals surface area (Å²) in [7, 11) is 0. The van der Waals surface area contributed by atoms with Gasteiger partial charge >= 0.3 is 0 Å². The minimum atomic E-state index is -0.675. The zero-order chi connectivity index (χ0) is 11.4. The van der Waals surface area contributed by atoms with E-state index < -0.39 is 5.60 Å². The lowest BCUT2D eigenvalue weighted by Gasteiger charge is -2.30. The first-order chi connectivity index (χ1) is 6.21. The summed E-state index contributed by atoms with van der Waals surface area (Å²) in [5.41, 5.74) is -0.793. The van der Waals surface area contributed by atoms with Gasteiger partial charge in [0.1, 0.15) is 0 Å². The Morgan fingerprint density at radius 3 is 2.00 bits per heavy atom. The van der Waals surface area contributed by atoms with E-state index in [2.05, 4.69) is 5.32 Å². The molecule has 0 aliphatic rings. The van der Waals surface area contributed by atoms with Crippen molar-refractivity contribution in [2.45, 2.75) is 40.2 Å². The summed E-state index contributed by atoms with van der Waals surface area (Å²) >= 11 is 0. The van der Waals surface area contributed by atoms with E-state index >= 15 is 0 Å². The van der Waals surface area contributed by atoms with Crippen LogP contribution >= 0.6 is 0 Å². The Hall–Kier alpha value is -0.120. The van der Waals surface area contributed by atoms with E-state index in [4.69, 9.17) is 5.11 Å². The van der Waals surface area contributed by atoms with E-state index in [1.165, 1.54) is 0 Å². The highest BCUT2D eigenvalue weighted by atomic mass is 16.3. The van der Waals surface area contributed by atoms with Crippen molar-refractivity contribution in [2.24, 2.45) is 11.3 Å². The maximum Gasteiger partial charge on any atom is 0.0766 e. The molecular weight excluding hydrogens is 178 g/mol. The Labute approximate surface area is 87.5 Å². The SMILES string of the molecule is CC(C)C(C)(O)CNCC(C)(C)CO. The third kappa shape index (κ3) is 4.94. The molecule has 0 rings (SSSR count). The lowest BCUT2D eigenvalue weighted by Crippen LogP contribution is -2.45. The quantitative estimate of drug-likeness (QED) is 0.603. The lowest BCUT2D eigenvalue weighted by atomic mass is 9.91. The molecule has 0 aromatic rings. The summed E-state index contributed by atoms with van der Waals surface area (Å²) in [6.45, 7) is 11.2. The van der Waals surface area contributed by atoms with Gasteiger partial charge < -0.3 is 15.5 Å². The largest absolute Gasteiger partial charge is 0.396 e. The van der Waals surface area contributed by atoms with E-state index in [9.17, 15) is 5.11 Å². The molecule has 3 heteroatoms. The maximum atomic E-state index is 9.94. The number of hydrogen-bond donors (Lipinski definition) is 3. The van der Waals surface area contributed by atoms with Crippen LogP contribution in [0.25, 0.3) is 0 Å². The Bertz CT molecular complexity index is 165. The third-order valence-electron chi connectivity index (χ3n) is 2.76. The fraction of sp³-hybridized carbons (Fsp3) is 1.00. The summed E-state index contributed by atoms with van der Waals surface area (Å²) in [4.78, 5) is 0. The van der Waals surface area contributed by atoms with Gasteiger partial charge in [-0.15, -0.1) is 0 Å². The van der Waals surface area contributed by atoms with Crippen LogP contribution in [0.15, 0.2) is 0 Å². The Balaban J connectivity index is 3.85. The van der Waals surface area contributed by atoms with Gasteiger partial charge in [-0.2, -0.15) is 0 Å². The van der Waals surface area contributed by atoms with Crippen LogP contribution in [0.4, 0.5) is 0 Å². The van der Waals surface area contributed by atoms with Gasteiger partial charge in [-0.1, -0.05) is 27.7 Å². The average Bonchev–Trinajstić information content (AvgIpc) is 2.03. The van der Waals surface area contributed by atoms with Crippen LogP contribution in [0.1, 0.15) is 34.6 Å². The summed E-state index contributed by atoms with van der Waals surface area (Å²) < 4.78 is 0. The highest BCUT2D eigenvalue weighted by molar-refractivity contribution is 4.80. The lowest BCUT2D eigenvalue weighted by molar-refractivity contribution is 0.0111. The summed E-state index contributed by atoms with van der Waals surface area (Å²) in [5.74, 6) is 0.229. The second kappa shape index (κ2) is 5.10. The first kappa shape index (κ1) is 13.9. The second-order valence-electron chi connectivity index (χ2n) is 5.44. The van der Waals surface area contributed by atoms with Crippen LogP contribution in [0.5, 0.6) is 0 Å². The summed E-state index contributed by atoms with van der Waals surface area (Å²) in [6, 6.07) is 0. The summed E-state index contributed by atoms with van der Waals surface area (Å²) in [5, 5.41) is 22.2. The molecule has 0 aromatic carbocycles. The first-order valence-electron chi connectivity index (χ1n) is 5.25. The Kier molecular flexibility index (Phi) is 5.06. The third-order valence-corrected chi connectivity index (χ3v) is 2.76. The molecule has 0 aliphatic heterocycles. The number of aliphatic hydroxyl groups is 2. The van der Waals surface area contributed by atoms with Crippen molar-refractivity contribution in [1.29, 1.82) is 0 Å². The van der Waals surface area contributed by atoms with E-state index in [1.54, 1.807) is 0 Å².